The number of urea groups is 1. The van der Waals surface area contributed by atoms with Crippen LogP contribution in [-0.2, 0) is 19.6 Å². The fourth-order valence-corrected chi connectivity index (χ4v) is 4.46. The number of carbonyl (C=O) groups is 1. The predicted octanol–water partition coefficient (Wildman–Crippen LogP) is 3.38. The average Bonchev–Trinajstić information content (AvgIpc) is 3.24. The van der Waals surface area contributed by atoms with E-state index >= 15 is 0 Å². The highest BCUT2D eigenvalue weighted by molar-refractivity contribution is 5.73. The molecule has 2 heterocycles. The first-order chi connectivity index (χ1) is 15.6. The Hall–Kier alpha value is -3.55. The van der Waals surface area contributed by atoms with Crippen molar-refractivity contribution >= 4 is 6.03 Å². The molecule has 7 heteroatoms. The molecule has 1 N–H and O–H groups in total. The molecule has 0 bridgehead atoms. The van der Waals surface area contributed by atoms with E-state index in [-0.39, 0.29) is 6.03 Å². The minimum absolute atomic E-state index is 0.0293. The molecule has 164 valence electrons. The second-order valence-electron chi connectivity index (χ2n) is 8.48. The van der Waals surface area contributed by atoms with Gasteiger partial charge in [-0.15, -0.1) is 0 Å². The molecule has 1 fully saturated rings. The zero-order valence-corrected chi connectivity index (χ0v) is 18.3. The number of piperidine rings is 1. The lowest BCUT2D eigenvalue weighted by atomic mass is 9.98. The Kier molecular flexibility index (Phi) is 6.58. The van der Waals surface area contributed by atoms with Crippen LogP contribution < -0.4 is 10.1 Å². The fraction of sp³-hybridized carbons (Fsp3) is 0.400. The van der Waals surface area contributed by atoms with Gasteiger partial charge in [0, 0.05) is 39.8 Å². The highest BCUT2D eigenvalue weighted by Crippen LogP contribution is 2.27. The van der Waals surface area contributed by atoms with Gasteiger partial charge in [-0.1, -0.05) is 12.1 Å². The van der Waals surface area contributed by atoms with Gasteiger partial charge in [-0.3, -0.25) is 4.90 Å². The molecule has 7 nitrogen and oxygen atoms in total. The van der Waals surface area contributed by atoms with Gasteiger partial charge >= 0.3 is 6.03 Å². The average molecular weight is 430 g/mol. The quantitative estimate of drug-likeness (QED) is 0.787. The maximum absolute atomic E-state index is 11.7. The molecule has 0 spiro atoms. The number of hydrogen-bond donors (Lipinski definition) is 1. The van der Waals surface area contributed by atoms with Crippen molar-refractivity contribution < 1.29 is 9.53 Å². The Morgan fingerprint density at radius 2 is 1.88 bits per heavy atom. The molecule has 4 rings (SSSR count). The van der Waals surface area contributed by atoms with Crippen LogP contribution in [0.5, 0.6) is 5.75 Å². The molecule has 0 radical (unpaired) electrons. The Morgan fingerprint density at radius 1 is 1.09 bits per heavy atom. The summed E-state index contributed by atoms with van der Waals surface area (Å²) in [7, 11) is 1.65. The molecule has 2 aromatic rings. The van der Waals surface area contributed by atoms with Crippen LogP contribution in [0.25, 0.3) is 0 Å². The van der Waals surface area contributed by atoms with E-state index in [0.717, 1.165) is 51.1 Å². The summed E-state index contributed by atoms with van der Waals surface area (Å²) in [6, 6.07) is 16.1. The lowest BCUT2D eigenvalue weighted by Crippen LogP contribution is -2.43. The molecule has 2 aromatic carbocycles. The normalized spacial score (nSPS) is 16.2. The molecular weight excluding hydrogens is 402 g/mol. The lowest BCUT2D eigenvalue weighted by Gasteiger charge is -2.31. The molecule has 0 aromatic heterocycles. The highest BCUT2D eigenvalue weighted by Gasteiger charge is 2.23. The summed E-state index contributed by atoms with van der Waals surface area (Å²) >= 11 is 0. The van der Waals surface area contributed by atoms with Crippen molar-refractivity contribution in [1.82, 2.24) is 15.1 Å². The van der Waals surface area contributed by atoms with E-state index in [0.29, 0.717) is 29.4 Å². The van der Waals surface area contributed by atoms with Gasteiger partial charge in [0.25, 0.3) is 0 Å². The number of nitrogens with zero attached hydrogens (tertiary/aromatic N) is 4. The third-order valence-electron chi connectivity index (χ3n) is 6.28. The Balaban J connectivity index is 1.32. The smallest absolute Gasteiger partial charge is 0.317 e. The topological polar surface area (TPSA) is 92.4 Å². The van der Waals surface area contributed by atoms with E-state index in [4.69, 9.17) is 10.00 Å². The van der Waals surface area contributed by atoms with Crippen molar-refractivity contribution in [1.29, 1.82) is 10.5 Å². The number of carbonyl (C=O) groups excluding carboxylic acids is 1. The molecular formula is C25H27N5O2. The Morgan fingerprint density at radius 3 is 2.59 bits per heavy atom. The van der Waals surface area contributed by atoms with Crippen LogP contribution in [0.1, 0.15) is 40.7 Å². The van der Waals surface area contributed by atoms with E-state index in [1.165, 1.54) is 11.1 Å². The van der Waals surface area contributed by atoms with Crippen LogP contribution >= 0.6 is 0 Å². The van der Waals surface area contributed by atoms with Gasteiger partial charge in [-0.2, -0.15) is 10.5 Å². The lowest BCUT2D eigenvalue weighted by molar-refractivity contribution is 0.146. The van der Waals surface area contributed by atoms with Gasteiger partial charge in [0.15, 0.2) is 0 Å². The number of rotatable bonds is 5. The molecule has 1 saturated heterocycles. The van der Waals surface area contributed by atoms with Gasteiger partial charge in [0.05, 0.1) is 23.8 Å². The van der Waals surface area contributed by atoms with E-state index in [9.17, 15) is 10.1 Å². The van der Waals surface area contributed by atoms with Crippen molar-refractivity contribution in [2.45, 2.75) is 32.5 Å². The number of benzene rings is 2. The van der Waals surface area contributed by atoms with E-state index in [1.807, 2.05) is 41.3 Å². The second kappa shape index (κ2) is 9.72. The summed E-state index contributed by atoms with van der Waals surface area (Å²) in [5.41, 5.74) is 4.77. The monoisotopic (exact) mass is 429 g/mol. The molecule has 2 amide bonds. The van der Waals surface area contributed by atoms with Crippen molar-refractivity contribution in [3.05, 3.63) is 64.2 Å². The fourth-order valence-electron chi connectivity index (χ4n) is 4.46. The molecule has 0 unspecified atom stereocenters. The summed E-state index contributed by atoms with van der Waals surface area (Å²) in [4.78, 5) is 15.8. The first kappa shape index (κ1) is 21.7. The summed E-state index contributed by atoms with van der Waals surface area (Å²) in [6.07, 6.45) is 1.80. The summed E-state index contributed by atoms with van der Waals surface area (Å²) in [5, 5.41) is 21.4. The van der Waals surface area contributed by atoms with Gasteiger partial charge < -0.3 is 15.0 Å². The molecule has 32 heavy (non-hydrogen) atoms. The number of hydrogen-bond acceptors (Lipinski definition) is 5. The molecule has 0 aliphatic carbocycles. The van der Waals surface area contributed by atoms with Crippen LogP contribution in [0, 0.1) is 28.6 Å². The maximum atomic E-state index is 11.7. The van der Waals surface area contributed by atoms with Crippen molar-refractivity contribution in [2.75, 3.05) is 26.7 Å². The van der Waals surface area contributed by atoms with Crippen molar-refractivity contribution in [2.24, 2.45) is 5.92 Å². The van der Waals surface area contributed by atoms with Gasteiger partial charge in [-0.05, 0) is 59.7 Å². The van der Waals surface area contributed by atoms with Crippen molar-refractivity contribution in [3.63, 3.8) is 0 Å². The number of nitriles is 2. The second-order valence-corrected chi connectivity index (χ2v) is 8.48. The number of ether oxygens (including phenoxy) is 1. The summed E-state index contributed by atoms with van der Waals surface area (Å²) < 4.78 is 6.00. The largest absolute Gasteiger partial charge is 0.492 e. The molecule has 0 atom stereocenters. The SMILES string of the molecule is CNC(=O)N1CCC(COc2ccc(CN3Cc4ccc(C#N)cc4C3)cc2C#N)CC1. The zero-order valence-electron chi connectivity index (χ0n) is 18.3. The van der Waals surface area contributed by atoms with Crippen LogP contribution in [0.4, 0.5) is 4.79 Å². The zero-order chi connectivity index (χ0) is 22.5. The van der Waals surface area contributed by atoms with Crippen LogP contribution in [0.2, 0.25) is 0 Å². The predicted molar refractivity (Wildman–Crippen MR) is 120 cm³/mol. The third-order valence-corrected chi connectivity index (χ3v) is 6.28. The maximum Gasteiger partial charge on any atom is 0.317 e. The summed E-state index contributed by atoms with van der Waals surface area (Å²) in [5.74, 6) is 0.997. The number of nitrogens with one attached hydrogen (secondary N) is 1. The van der Waals surface area contributed by atoms with Crippen LogP contribution in [-0.4, -0.2) is 42.6 Å². The van der Waals surface area contributed by atoms with Crippen LogP contribution in [0.15, 0.2) is 36.4 Å². The highest BCUT2D eigenvalue weighted by atomic mass is 16.5. The van der Waals surface area contributed by atoms with Gasteiger partial charge in [0.2, 0.25) is 0 Å². The van der Waals surface area contributed by atoms with E-state index in [2.05, 4.69) is 22.4 Å². The molecule has 0 saturated carbocycles. The molecule has 2 aliphatic heterocycles. The first-order valence-corrected chi connectivity index (χ1v) is 11.0. The van der Waals surface area contributed by atoms with Crippen LogP contribution in [0.3, 0.4) is 0 Å². The minimum atomic E-state index is -0.0293. The number of likely N-dealkylation sites (tertiary alicyclic amines) is 1. The van der Waals surface area contributed by atoms with Gasteiger partial charge in [0.1, 0.15) is 11.8 Å². The molecule has 2 aliphatic rings. The Labute approximate surface area is 188 Å². The number of amides is 2. The standard InChI is InChI=1S/C25H27N5O2/c1-28-25(31)30-8-6-18(7-9-30)17-32-24-5-3-20(11-22(24)13-27)14-29-15-21-4-2-19(12-26)10-23(21)16-29/h2-5,10-11,18H,6-9,14-17H2,1H3,(H,28,31). The summed E-state index contributed by atoms with van der Waals surface area (Å²) in [6.45, 7) is 4.40. The minimum Gasteiger partial charge on any atom is -0.492 e. The van der Waals surface area contributed by atoms with E-state index < -0.39 is 0 Å². The third kappa shape index (κ3) is 4.85. The van der Waals surface area contributed by atoms with E-state index in [1.54, 1.807) is 7.05 Å². The van der Waals surface area contributed by atoms with Crippen molar-refractivity contribution in [3.8, 4) is 17.9 Å². The number of fused-ring (bicyclic) bond motifs is 1. The van der Waals surface area contributed by atoms with Gasteiger partial charge in [-0.25, -0.2) is 4.79 Å². The Bertz CT molecular complexity index is 1080. The first-order valence-electron chi connectivity index (χ1n) is 11.0.